The lowest BCUT2D eigenvalue weighted by atomic mass is 9.97. The minimum atomic E-state index is 1.31. The van der Waals surface area contributed by atoms with Crippen molar-refractivity contribution in [1.29, 1.82) is 0 Å². The Labute approximate surface area is 147 Å². The molecule has 0 atom stereocenters. The quantitative estimate of drug-likeness (QED) is 0.286. The van der Waals surface area contributed by atoms with Gasteiger partial charge in [-0.2, -0.15) is 0 Å². The van der Waals surface area contributed by atoms with Crippen molar-refractivity contribution >= 4 is 32.3 Å². The van der Waals surface area contributed by atoms with Gasteiger partial charge in [-0.15, -0.1) is 0 Å². The van der Waals surface area contributed by atoms with Gasteiger partial charge in [-0.1, -0.05) is 114 Å². The monoisotopic (exact) mass is 318 g/mol. The van der Waals surface area contributed by atoms with Gasteiger partial charge in [-0.25, -0.2) is 0 Å². The van der Waals surface area contributed by atoms with E-state index in [0.717, 1.165) is 0 Å². The number of rotatable bonds is 0. The van der Waals surface area contributed by atoms with Crippen LogP contribution in [0.15, 0.2) is 72.8 Å². The van der Waals surface area contributed by atoms with Crippen LogP contribution in [0.1, 0.15) is 41.5 Å². The molecule has 24 heavy (non-hydrogen) atoms. The molecular formula is C24H30. The maximum absolute atomic E-state index is 2.21. The Morgan fingerprint density at radius 1 is 0.375 bits per heavy atom. The molecule has 0 spiro atoms. The molecule has 0 aromatic heterocycles. The Morgan fingerprint density at radius 3 is 1.12 bits per heavy atom. The standard InChI is InChI=1S/C18H12.3C2H6/c1-3-7-16-13(5-1)9-11-15-12-10-14-6-2-4-8-17(14)18(15)16;3*1-2/h1-12H;3*1-2H3. The van der Waals surface area contributed by atoms with Crippen LogP contribution in [0.5, 0.6) is 0 Å². The maximum Gasteiger partial charge on any atom is -0.00268 e. The average Bonchev–Trinajstić information content (AvgIpc) is 2.72. The molecule has 4 rings (SSSR count). The molecule has 0 nitrogen and oxygen atoms in total. The lowest BCUT2D eigenvalue weighted by molar-refractivity contribution is 1.50. The predicted octanol–water partition coefficient (Wildman–Crippen LogP) is 8.22. The first kappa shape index (κ1) is 19.7. The predicted molar refractivity (Wildman–Crippen MR) is 113 cm³/mol. The van der Waals surface area contributed by atoms with E-state index >= 15 is 0 Å². The van der Waals surface area contributed by atoms with Gasteiger partial charge < -0.3 is 0 Å². The van der Waals surface area contributed by atoms with E-state index in [9.17, 15) is 0 Å². The summed E-state index contributed by atoms with van der Waals surface area (Å²) in [7, 11) is 0. The highest BCUT2D eigenvalue weighted by Gasteiger charge is 2.03. The topological polar surface area (TPSA) is 0 Å². The van der Waals surface area contributed by atoms with Gasteiger partial charge in [0.1, 0.15) is 0 Å². The average molecular weight is 319 g/mol. The highest BCUT2D eigenvalue weighted by Crippen LogP contribution is 2.31. The molecule has 0 bridgehead atoms. The Hall–Kier alpha value is -2.34. The number of benzene rings is 4. The van der Waals surface area contributed by atoms with E-state index in [2.05, 4.69) is 72.8 Å². The maximum atomic E-state index is 2.21. The first-order valence-electron chi connectivity index (χ1n) is 9.23. The summed E-state index contributed by atoms with van der Waals surface area (Å²) in [6.07, 6.45) is 0. The van der Waals surface area contributed by atoms with Crippen LogP contribution in [0.4, 0.5) is 0 Å². The summed E-state index contributed by atoms with van der Waals surface area (Å²) in [5.41, 5.74) is 0. The molecule has 0 heteroatoms. The van der Waals surface area contributed by atoms with E-state index < -0.39 is 0 Å². The van der Waals surface area contributed by atoms with Gasteiger partial charge >= 0.3 is 0 Å². The van der Waals surface area contributed by atoms with Gasteiger partial charge in [0.05, 0.1) is 0 Å². The first-order chi connectivity index (χ1) is 11.9. The molecule has 0 fully saturated rings. The lowest BCUT2D eigenvalue weighted by Gasteiger charge is -2.07. The zero-order valence-corrected chi connectivity index (χ0v) is 15.9. The fourth-order valence-corrected chi connectivity index (χ4v) is 2.78. The molecule has 0 radical (unpaired) electrons. The Kier molecular flexibility index (Phi) is 8.57. The van der Waals surface area contributed by atoms with E-state index in [-0.39, 0.29) is 0 Å². The Bertz CT molecular complexity index is 802. The summed E-state index contributed by atoms with van der Waals surface area (Å²) < 4.78 is 0. The summed E-state index contributed by atoms with van der Waals surface area (Å²) in [5, 5.41) is 7.97. The van der Waals surface area contributed by atoms with Crippen LogP contribution in [0.3, 0.4) is 0 Å². The van der Waals surface area contributed by atoms with Crippen molar-refractivity contribution in [3.63, 3.8) is 0 Å². The van der Waals surface area contributed by atoms with Crippen molar-refractivity contribution in [2.75, 3.05) is 0 Å². The number of hydrogen-bond donors (Lipinski definition) is 0. The van der Waals surface area contributed by atoms with Gasteiger partial charge in [-0.3, -0.25) is 0 Å². The van der Waals surface area contributed by atoms with Crippen molar-refractivity contribution in [3.8, 4) is 0 Å². The smallest absolute Gasteiger partial charge is 0.00268 e. The van der Waals surface area contributed by atoms with Crippen LogP contribution in [0.25, 0.3) is 32.3 Å². The summed E-state index contributed by atoms with van der Waals surface area (Å²) in [6, 6.07) is 26.0. The van der Waals surface area contributed by atoms with Crippen LogP contribution in [0.2, 0.25) is 0 Å². The summed E-state index contributed by atoms with van der Waals surface area (Å²) in [4.78, 5) is 0. The SMILES string of the molecule is CC.CC.CC.c1ccc2c(c1)ccc1ccc3ccccc3c12. The third kappa shape index (κ3) is 3.94. The van der Waals surface area contributed by atoms with E-state index in [4.69, 9.17) is 0 Å². The molecule has 0 aliphatic heterocycles. The van der Waals surface area contributed by atoms with Crippen LogP contribution >= 0.6 is 0 Å². The van der Waals surface area contributed by atoms with Gasteiger partial charge in [0, 0.05) is 0 Å². The van der Waals surface area contributed by atoms with Crippen molar-refractivity contribution in [2.24, 2.45) is 0 Å². The van der Waals surface area contributed by atoms with Gasteiger partial charge in [-0.05, 0) is 32.3 Å². The minimum absolute atomic E-state index is 1.31. The second kappa shape index (κ2) is 10.4. The van der Waals surface area contributed by atoms with Gasteiger partial charge in [0.25, 0.3) is 0 Å². The molecule has 0 aliphatic rings. The molecule has 0 aliphatic carbocycles. The third-order valence-corrected chi connectivity index (χ3v) is 3.63. The van der Waals surface area contributed by atoms with E-state index in [1.807, 2.05) is 41.5 Å². The largest absolute Gasteiger partial charge is 0.0683 e. The summed E-state index contributed by atoms with van der Waals surface area (Å²) in [5.74, 6) is 0. The van der Waals surface area contributed by atoms with Gasteiger partial charge in [0.15, 0.2) is 0 Å². The third-order valence-electron chi connectivity index (χ3n) is 3.63. The normalized spacial score (nSPS) is 9.25. The molecule has 0 unspecified atom stereocenters. The molecule has 4 aromatic rings. The molecule has 126 valence electrons. The first-order valence-corrected chi connectivity index (χ1v) is 9.23. The van der Waals surface area contributed by atoms with E-state index in [1.54, 1.807) is 0 Å². The molecule has 0 amide bonds. The fourth-order valence-electron chi connectivity index (χ4n) is 2.78. The van der Waals surface area contributed by atoms with Crippen LogP contribution in [0, 0.1) is 0 Å². The van der Waals surface area contributed by atoms with Crippen LogP contribution < -0.4 is 0 Å². The highest BCUT2D eigenvalue weighted by atomic mass is 14.1. The van der Waals surface area contributed by atoms with E-state index in [1.165, 1.54) is 32.3 Å². The molecule has 0 saturated heterocycles. The van der Waals surface area contributed by atoms with Crippen molar-refractivity contribution < 1.29 is 0 Å². The molecule has 0 N–H and O–H groups in total. The zero-order chi connectivity index (χ0) is 17.9. The van der Waals surface area contributed by atoms with E-state index in [0.29, 0.717) is 0 Å². The van der Waals surface area contributed by atoms with Crippen LogP contribution in [-0.2, 0) is 0 Å². The van der Waals surface area contributed by atoms with Crippen molar-refractivity contribution in [2.45, 2.75) is 41.5 Å². The van der Waals surface area contributed by atoms with Crippen LogP contribution in [-0.4, -0.2) is 0 Å². The molecule has 4 aromatic carbocycles. The van der Waals surface area contributed by atoms with Crippen molar-refractivity contribution in [3.05, 3.63) is 72.8 Å². The molecular weight excluding hydrogens is 288 g/mol. The zero-order valence-electron chi connectivity index (χ0n) is 15.9. The molecule has 0 heterocycles. The number of hydrogen-bond acceptors (Lipinski definition) is 0. The van der Waals surface area contributed by atoms with Crippen molar-refractivity contribution in [1.82, 2.24) is 0 Å². The summed E-state index contributed by atoms with van der Waals surface area (Å²) in [6.45, 7) is 12.0. The summed E-state index contributed by atoms with van der Waals surface area (Å²) >= 11 is 0. The Morgan fingerprint density at radius 2 is 0.708 bits per heavy atom. The van der Waals surface area contributed by atoms with Gasteiger partial charge in [0.2, 0.25) is 0 Å². The lowest BCUT2D eigenvalue weighted by Crippen LogP contribution is -1.80. The molecule has 0 saturated carbocycles. The second-order valence-corrected chi connectivity index (χ2v) is 4.67. The second-order valence-electron chi connectivity index (χ2n) is 4.67. The Balaban J connectivity index is 0.000000436. The minimum Gasteiger partial charge on any atom is -0.0683 e. The highest BCUT2D eigenvalue weighted by molar-refractivity contribution is 6.20. The number of fused-ring (bicyclic) bond motifs is 5. The fraction of sp³-hybridized carbons (Fsp3) is 0.250.